The number of halogens is 1. The number of pyridine rings is 1. The molecule has 100 valence electrons. The first-order valence-corrected chi connectivity index (χ1v) is 7.06. The molecule has 2 N–H and O–H groups in total. The maximum Gasteiger partial charge on any atom is 0.272 e. The topological polar surface area (TPSA) is 54.0 Å². The molecule has 0 aromatic carbocycles. The van der Waals surface area contributed by atoms with Crippen LogP contribution >= 0.6 is 22.9 Å². The van der Waals surface area contributed by atoms with Crippen LogP contribution < -0.4 is 10.6 Å². The Morgan fingerprint density at radius 3 is 2.84 bits per heavy atom. The number of nitrogens with one attached hydrogen (secondary N) is 2. The van der Waals surface area contributed by atoms with Crippen molar-refractivity contribution in [2.45, 2.75) is 13.0 Å². The summed E-state index contributed by atoms with van der Waals surface area (Å²) in [6.45, 7) is 1.93. The number of carbonyl (C=O) groups excluding carboxylic acids is 1. The van der Waals surface area contributed by atoms with Crippen LogP contribution in [0.3, 0.4) is 0 Å². The number of rotatable bonds is 4. The number of nitrogens with zero attached hydrogens (tertiary/aromatic N) is 1. The quantitative estimate of drug-likeness (QED) is 0.910. The van der Waals surface area contributed by atoms with E-state index in [2.05, 4.69) is 15.6 Å². The van der Waals surface area contributed by atoms with E-state index >= 15 is 0 Å². The first kappa shape index (κ1) is 13.8. The van der Waals surface area contributed by atoms with Crippen molar-refractivity contribution in [1.82, 2.24) is 10.3 Å². The number of hydrogen-bond acceptors (Lipinski definition) is 4. The summed E-state index contributed by atoms with van der Waals surface area (Å²) in [6.07, 6.45) is 0. The first-order chi connectivity index (χ1) is 9.11. The highest BCUT2D eigenvalue weighted by molar-refractivity contribution is 7.10. The van der Waals surface area contributed by atoms with Gasteiger partial charge in [0.25, 0.3) is 5.91 Å². The fourth-order valence-corrected chi connectivity index (χ4v) is 2.54. The Hall–Kier alpha value is -1.59. The molecule has 0 saturated heterocycles. The van der Waals surface area contributed by atoms with Gasteiger partial charge in [0.15, 0.2) is 0 Å². The normalized spacial score (nSPS) is 11.9. The summed E-state index contributed by atoms with van der Waals surface area (Å²) in [5, 5.41) is 8.09. The molecule has 4 nitrogen and oxygen atoms in total. The van der Waals surface area contributed by atoms with E-state index in [4.69, 9.17) is 11.6 Å². The monoisotopic (exact) mass is 295 g/mol. The van der Waals surface area contributed by atoms with Crippen molar-refractivity contribution in [3.05, 3.63) is 45.2 Å². The van der Waals surface area contributed by atoms with Gasteiger partial charge in [0.2, 0.25) is 0 Å². The second kappa shape index (κ2) is 6.04. The van der Waals surface area contributed by atoms with Gasteiger partial charge in [-0.05, 0) is 30.5 Å². The van der Waals surface area contributed by atoms with Crippen molar-refractivity contribution in [2.24, 2.45) is 0 Å². The first-order valence-electron chi connectivity index (χ1n) is 5.80. The van der Waals surface area contributed by atoms with Crippen LogP contribution in [0.5, 0.6) is 0 Å². The Morgan fingerprint density at radius 1 is 1.42 bits per heavy atom. The van der Waals surface area contributed by atoms with Crippen LogP contribution in [-0.4, -0.2) is 17.9 Å². The summed E-state index contributed by atoms with van der Waals surface area (Å²) in [7, 11) is 1.74. The third-order valence-corrected chi connectivity index (χ3v) is 3.99. The molecule has 0 bridgehead atoms. The third kappa shape index (κ3) is 3.24. The van der Waals surface area contributed by atoms with Crippen LogP contribution in [0.25, 0.3) is 0 Å². The van der Waals surface area contributed by atoms with Gasteiger partial charge in [0.1, 0.15) is 11.5 Å². The number of hydrogen-bond donors (Lipinski definition) is 2. The van der Waals surface area contributed by atoms with Gasteiger partial charge in [-0.1, -0.05) is 17.7 Å². The lowest BCUT2D eigenvalue weighted by Gasteiger charge is -2.13. The molecule has 0 aliphatic heterocycles. The Morgan fingerprint density at radius 2 is 2.21 bits per heavy atom. The molecule has 0 spiro atoms. The zero-order valence-electron chi connectivity index (χ0n) is 10.6. The maximum atomic E-state index is 12.2. The minimum Gasteiger partial charge on any atom is -0.373 e. The van der Waals surface area contributed by atoms with Gasteiger partial charge in [-0.15, -0.1) is 11.3 Å². The van der Waals surface area contributed by atoms with E-state index in [1.807, 2.05) is 24.4 Å². The molecule has 0 fully saturated rings. The molecule has 0 saturated carbocycles. The number of thiophene rings is 1. The minimum absolute atomic E-state index is 0.0661. The summed E-state index contributed by atoms with van der Waals surface area (Å²) < 4.78 is 0. The van der Waals surface area contributed by atoms with Gasteiger partial charge in [-0.2, -0.15) is 0 Å². The number of carbonyl (C=O) groups is 1. The second-order valence-electron chi connectivity index (χ2n) is 3.99. The average Bonchev–Trinajstić information content (AvgIpc) is 2.93. The molecule has 1 atom stereocenters. The Balaban J connectivity index is 2.16. The molecular weight excluding hydrogens is 282 g/mol. The van der Waals surface area contributed by atoms with Gasteiger partial charge in [0.05, 0.1) is 11.1 Å². The average molecular weight is 296 g/mol. The fourth-order valence-electron chi connectivity index (χ4n) is 1.61. The summed E-state index contributed by atoms with van der Waals surface area (Å²) in [5.74, 6) is 0.335. The molecule has 2 aromatic heterocycles. The number of anilines is 1. The molecule has 2 heterocycles. The highest BCUT2D eigenvalue weighted by Crippen LogP contribution is 2.21. The Kier molecular flexibility index (Phi) is 4.39. The molecule has 19 heavy (non-hydrogen) atoms. The van der Waals surface area contributed by atoms with Crippen molar-refractivity contribution in [3.8, 4) is 0 Å². The lowest BCUT2D eigenvalue weighted by atomic mass is 10.2. The zero-order chi connectivity index (χ0) is 13.8. The molecule has 0 aliphatic rings. The van der Waals surface area contributed by atoms with E-state index in [0.717, 1.165) is 4.88 Å². The molecule has 1 unspecified atom stereocenters. The molecule has 2 aromatic rings. The Bertz CT molecular complexity index is 571. The zero-order valence-corrected chi connectivity index (χ0v) is 12.2. The van der Waals surface area contributed by atoms with Gasteiger partial charge >= 0.3 is 0 Å². The predicted octanol–water partition coefficient (Wildman–Crippen LogP) is 3.33. The number of amides is 1. The van der Waals surface area contributed by atoms with Crippen LogP contribution in [0.2, 0.25) is 5.02 Å². The Labute approximate surface area is 120 Å². The van der Waals surface area contributed by atoms with E-state index in [1.165, 1.54) is 0 Å². The van der Waals surface area contributed by atoms with Crippen LogP contribution in [0, 0.1) is 0 Å². The molecular formula is C13H14ClN3OS. The van der Waals surface area contributed by atoms with Gasteiger partial charge < -0.3 is 10.6 Å². The highest BCUT2D eigenvalue weighted by atomic mass is 35.5. The molecule has 0 radical (unpaired) electrons. The van der Waals surface area contributed by atoms with Gasteiger partial charge in [-0.3, -0.25) is 4.79 Å². The van der Waals surface area contributed by atoms with Crippen molar-refractivity contribution >= 4 is 34.7 Å². The standard InChI is InChI=1S/C13H14ClN3OS/c1-8(10-4-3-7-19-10)16-13(18)12-9(14)5-6-11(15-2)17-12/h3-8H,1-2H3,(H,15,17)(H,16,18). The smallest absolute Gasteiger partial charge is 0.272 e. The summed E-state index contributed by atoms with van der Waals surface area (Å²) in [4.78, 5) is 17.4. The molecule has 0 aliphatic carbocycles. The van der Waals surface area contributed by atoms with Crippen LogP contribution in [0.15, 0.2) is 29.6 Å². The highest BCUT2D eigenvalue weighted by Gasteiger charge is 2.16. The third-order valence-electron chi connectivity index (χ3n) is 2.63. The van der Waals surface area contributed by atoms with Crippen molar-refractivity contribution in [3.63, 3.8) is 0 Å². The predicted molar refractivity (Wildman–Crippen MR) is 79.0 cm³/mol. The van der Waals surface area contributed by atoms with Crippen molar-refractivity contribution in [1.29, 1.82) is 0 Å². The lowest BCUT2D eigenvalue weighted by molar-refractivity contribution is 0.0936. The van der Waals surface area contributed by atoms with E-state index in [1.54, 1.807) is 30.5 Å². The van der Waals surface area contributed by atoms with Crippen LogP contribution in [-0.2, 0) is 0 Å². The summed E-state index contributed by atoms with van der Waals surface area (Å²) in [5.41, 5.74) is 0.233. The van der Waals surface area contributed by atoms with Gasteiger partial charge in [0, 0.05) is 11.9 Å². The molecule has 2 rings (SSSR count). The van der Waals surface area contributed by atoms with E-state index in [0.29, 0.717) is 10.8 Å². The van der Waals surface area contributed by atoms with Crippen molar-refractivity contribution in [2.75, 3.05) is 12.4 Å². The largest absolute Gasteiger partial charge is 0.373 e. The van der Waals surface area contributed by atoms with E-state index in [9.17, 15) is 4.79 Å². The van der Waals surface area contributed by atoms with Gasteiger partial charge in [-0.25, -0.2) is 4.98 Å². The van der Waals surface area contributed by atoms with Crippen LogP contribution in [0.1, 0.15) is 28.3 Å². The molecule has 6 heteroatoms. The summed E-state index contributed by atoms with van der Waals surface area (Å²) in [6, 6.07) is 7.25. The SMILES string of the molecule is CNc1ccc(Cl)c(C(=O)NC(C)c2cccs2)n1. The number of aromatic nitrogens is 1. The van der Waals surface area contributed by atoms with Crippen molar-refractivity contribution < 1.29 is 4.79 Å². The van der Waals surface area contributed by atoms with E-state index < -0.39 is 0 Å². The summed E-state index contributed by atoms with van der Waals surface area (Å²) >= 11 is 7.61. The maximum absolute atomic E-state index is 12.2. The molecule has 1 amide bonds. The van der Waals surface area contributed by atoms with E-state index in [-0.39, 0.29) is 17.6 Å². The fraction of sp³-hybridized carbons (Fsp3) is 0.231. The second-order valence-corrected chi connectivity index (χ2v) is 5.37. The minimum atomic E-state index is -0.275. The van der Waals surface area contributed by atoms with Crippen LogP contribution in [0.4, 0.5) is 5.82 Å². The lowest BCUT2D eigenvalue weighted by Crippen LogP contribution is -2.27.